The quantitative estimate of drug-likeness (QED) is 0.681. The highest BCUT2D eigenvalue weighted by Gasteiger charge is 2.04. The summed E-state index contributed by atoms with van der Waals surface area (Å²) in [4.78, 5) is 29.0. The van der Waals surface area contributed by atoms with E-state index in [9.17, 15) is 9.59 Å². The summed E-state index contributed by atoms with van der Waals surface area (Å²) < 4.78 is 0. The summed E-state index contributed by atoms with van der Waals surface area (Å²) in [5, 5.41) is 2.49. The fourth-order valence-corrected chi connectivity index (χ4v) is 0.795. The molecule has 1 aromatic rings. The molecule has 68 valence electrons. The van der Waals surface area contributed by atoms with E-state index in [1.807, 2.05) is 0 Å². The highest BCUT2D eigenvalue weighted by Crippen LogP contribution is 2.00. The normalized spacial score (nSPS) is 9.31. The second-order valence-electron chi connectivity index (χ2n) is 2.55. The SMILES string of the molecule is CC(=O)CC(=O)Nc1cncnc1. The maximum absolute atomic E-state index is 11.0. The molecule has 5 nitrogen and oxygen atoms in total. The van der Waals surface area contributed by atoms with E-state index in [4.69, 9.17) is 0 Å². The van der Waals surface area contributed by atoms with Gasteiger partial charge in [-0.3, -0.25) is 9.59 Å². The molecular formula is C8H9N3O2. The van der Waals surface area contributed by atoms with Gasteiger partial charge < -0.3 is 5.32 Å². The predicted molar refractivity (Wildman–Crippen MR) is 46.0 cm³/mol. The summed E-state index contributed by atoms with van der Waals surface area (Å²) in [7, 11) is 0. The molecule has 0 bridgehead atoms. The first-order valence-corrected chi connectivity index (χ1v) is 3.73. The number of nitrogens with one attached hydrogen (secondary N) is 1. The van der Waals surface area contributed by atoms with Crippen LogP contribution < -0.4 is 5.32 Å². The lowest BCUT2D eigenvalue weighted by Gasteiger charge is -2.00. The maximum Gasteiger partial charge on any atom is 0.231 e. The van der Waals surface area contributed by atoms with Gasteiger partial charge in [0.05, 0.1) is 24.5 Å². The molecular weight excluding hydrogens is 170 g/mol. The minimum absolute atomic E-state index is 0.116. The zero-order valence-electron chi connectivity index (χ0n) is 7.15. The lowest BCUT2D eigenvalue weighted by atomic mass is 10.3. The molecule has 0 saturated carbocycles. The van der Waals surface area contributed by atoms with Crippen molar-refractivity contribution in [1.82, 2.24) is 9.97 Å². The summed E-state index contributed by atoms with van der Waals surface area (Å²) in [6.07, 6.45) is 4.17. The van der Waals surface area contributed by atoms with Crippen molar-refractivity contribution < 1.29 is 9.59 Å². The lowest BCUT2D eigenvalue weighted by molar-refractivity contribution is -0.124. The number of aromatic nitrogens is 2. The smallest absolute Gasteiger partial charge is 0.231 e. The van der Waals surface area contributed by atoms with Crippen LogP contribution in [0.25, 0.3) is 0 Å². The van der Waals surface area contributed by atoms with Crippen LogP contribution in [-0.4, -0.2) is 21.7 Å². The minimum atomic E-state index is -0.345. The third-order valence-corrected chi connectivity index (χ3v) is 1.25. The fraction of sp³-hybridized carbons (Fsp3) is 0.250. The predicted octanol–water partition coefficient (Wildman–Crippen LogP) is 0.394. The van der Waals surface area contributed by atoms with Gasteiger partial charge in [0.25, 0.3) is 0 Å². The van der Waals surface area contributed by atoms with E-state index in [1.54, 1.807) is 0 Å². The molecule has 0 aliphatic heterocycles. The Balaban J connectivity index is 2.50. The van der Waals surface area contributed by atoms with E-state index in [-0.39, 0.29) is 18.1 Å². The van der Waals surface area contributed by atoms with Crippen LogP contribution in [0.3, 0.4) is 0 Å². The van der Waals surface area contributed by atoms with E-state index in [2.05, 4.69) is 15.3 Å². The van der Waals surface area contributed by atoms with E-state index < -0.39 is 0 Å². The van der Waals surface area contributed by atoms with Gasteiger partial charge >= 0.3 is 0 Å². The summed E-state index contributed by atoms with van der Waals surface area (Å²) in [6.45, 7) is 1.36. The first-order valence-electron chi connectivity index (χ1n) is 3.73. The van der Waals surface area contributed by atoms with Crippen LogP contribution in [0.15, 0.2) is 18.7 Å². The monoisotopic (exact) mass is 179 g/mol. The largest absolute Gasteiger partial charge is 0.323 e. The number of amides is 1. The Bertz CT molecular complexity index is 310. The fourth-order valence-electron chi connectivity index (χ4n) is 0.795. The van der Waals surface area contributed by atoms with Crippen LogP contribution in [0.5, 0.6) is 0 Å². The summed E-state index contributed by atoms with van der Waals surface area (Å²) in [5.74, 6) is -0.517. The zero-order valence-corrected chi connectivity index (χ0v) is 7.15. The number of anilines is 1. The highest BCUT2D eigenvalue weighted by atomic mass is 16.2. The summed E-state index contributed by atoms with van der Waals surface area (Å²) in [6, 6.07) is 0. The van der Waals surface area contributed by atoms with Crippen molar-refractivity contribution >= 4 is 17.4 Å². The topological polar surface area (TPSA) is 72.0 Å². The van der Waals surface area contributed by atoms with Crippen LogP contribution >= 0.6 is 0 Å². The third-order valence-electron chi connectivity index (χ3n) is 1.25. The average Bonchev–Trinajstić information content (AvgIpc) is 2.04. The van der Waals surface area contributed by atoms with Crippen LogP contribution in [0.4, 0.5) is 5.69 Å². The molecule has 1 rings (SSSR count). The second-order valence-corrected chi connectivity index (χ2v) is 2.55. The van der Waals surface area contributed by atoms with Crippen molar-refractivity contribution in [2.75, 3.05) is 5.32 Å². The molecule has 5 heteroatoms. The number of nitrogens with zero attached hydrogens (tertiary/aromatic N) is 2. The lowest BCUT2D eigenvalue weighted by Crippen LogP contribution is -2.14. The summed E-state index contributed by atoms with van der Waals surface area (Å²) >= 11 is 0. The van der Waals surface area contributed by atoms with Crippen LogP contribution in [0.1, 0.15) is 13.3 Å². The van der Waals surface area contributed by atoms with Crippen molar-refractivity contribution in [1.29, 1.82) is 0 Å². The van der Waals surface area contributed by atoms with Crippen LogP contribution in [0, 0.1) is 0 Å². The molecule has 1 aromatic heterocycles. The van der Waals surface area contributed by atoms with Crippen LogP contribution in [-0.2, 0) is 9.59 Å². The molecule has 1 heterocycles. The van der Waals surface area contributed by atoms with Gasteiger partial charge in [-0.25, -0.2) is 9.97 Å². The number of rotatable bonds is 3. The van der Waals surface area contributed by atoms with Gasteiger partial charge in [0.1, 0.15) is 12.1 Å². The second kappa shape index (κ2) is 4.30. The van der Waals surface area contributed by atoms with Gasteiger partial charge in [-0.1, -0.05) is 0 Å². The first kappa shape index (κ1) is 9.31. The standard InChI is InChI=1S/C8H9N3O2/c1-6(12)2-8(13)11-7-3-9-5-10-4-7/h3-5H,2H2,1H3,(H,11,13). The Labute approximate surface area is 75.2 Å². The molecule has 0 atom stereocenters. The van der Waals surface area contributed by atoms with E-state index in [1.165, 1.54) is 25.6 Å². The zero-order chi connectivity index (χ0) is 9.68. The number of Topliss-reactive ketones (excluding diaryl/α,β-unsaturated/α-hetero) is 1. The van der Waals surface area contributed by atoms with Crippen molar-refractivity contribution in [3.63, 3.8) is 0 Å². The molecule has 0 spiro atoms. The van der Waals surface area contributed by atoms with Gasteiger partial charge in [0, 0.05) is 0 Å². The van der Waals surface area contributed by atoms with E-state index in [0.29, 0.717) is 5.69 Å². The van der Waals surface area contributed by atoms with E-state index >= 15 is 0 Å². The molecule has 0 radical (unpaired) electrons. The molecule has 1 N–H and O–H groups in total. The molecule has 0 fully saturated rings. The molecule has 0 unspecified atom stereocenters. The molecule has 0 aliphatic carbocycles. The van der Waals surface area contributed by atoms with Crippen molar-refractivity contribution in [2.45, 2.75) is 13.3 Å². The van der Waals surface area contributed by atoms with E-state index in [0.717, 1.165) is 0 Å². The minimum Gasteiger partial charge on any atom is -0.323 e. The number of carbonyl (C=O) groups is 2. The maximum atomic E-state index is 11.0. The Kier molecular flexibility index (Phi) is 3.08. The molecule has 13 heavy (non-hydrogen) atoms. The van der Waals surface area contributed by atoms with Crippen molar-refractivity contribution in [3.8, 4) is 0 Å². The Morgan fingerprint density at radius 3 is 2.54 bits per heavy atom. The first-order chi connectivity index (χ1) is 6.18. The Morgan fingerprint density at radius 2 is 2.00 bits per heavy atom. The molecule has 1 amide bonds. The Morgan fingerprint density at radius 1 is 1.38 bits per heavy atom. The van der Waals surface area contributed by atoms with Gasteiger partial charge in [-0.2, -0.15) is 0 Å². The molecule has 0 aliphatic rings. The van der Waals surface area contributed by atoms with Crippen LogP contribution in [0.2, 0.25) is 0 Å². The van der Waals surface area contributed by atoms with Gasteiger partial charge in [-0.05, 0) is 6.92 Å². The summed E-state index contributed by atoms with van der Waals surface area (Å²) in [5.41, 5.74) is 0.494. The van der Waals surface area contributed by atoms with Crippen molar-refractivity contribution in [3.05, 3.63) is 18.7 Å². The number of ketones is 1. The van der Waals surface area contributed by atoms with Gasteiger partial charge in [0.2, 0.25) is 5.91 Å². The molecule has 0 saturated heterocycles. The third kappa shape index (κ3) is 3.42. The number of hydrogen-bond donors (Lipinski definition) is 1. The van der Waals surface area contributed by atoms with Gasteiger partial charge in [0.15, 0.2) is 0 Å². The highest BCUT2D eigenvalue weighted by molar-refractivity contribution is 6.03. The number of carbonyl (C=O) groups excluding carboxylic acids is 2. The van der Waals surface area contributed by atoms with Crippen molar-refractivity contribution in [2.24, 2.45) is 0 Å². The average molecular weight is 179 g/mol. The molecule has 0 aromatic carbocycles. The van der Waals surface area contributed by atoms with Gasteiger partial charge in [-0.15, -0.1) is 0 Å². The Hall–Kier alpha value is -1.78. The number of hydrogen-bond acceptors (Lipinski definition) is 4.